The van der Waals surface area contributed by atoms with Gasteiger partial charge in [0, 0.05) is 111 Å². The number of nitrogens with two attached hydrogens (primary N) is 1. The van der Waals surface area contributed by atoms with Crippen LogP contribution in [0.2, 0.25) is 15.1 Å². The number of alkyl halides is 3. The highest BCUT2D eigenvalue weighted by molar-refractivity contribution is 7.92. The lowest BCUT2D eigenvalue weighted by Crippen LogP contribution is -2.58. The van der Waals surface area contributed by atoms with Crippen molar-refractivity contribution in [2.45, 2.75) is 182 Å². The summed E-state index contributed by atoms with van der Waals surface area (Å²) in [5.41, 5.74) is 4.97. The number of carbonyl (C=O) groups is 3. The molecular weight excluding hydrogens is 1830 g/mol. The Morgan fingerprint density at radius 1 is 0.452 bits per heavy atom. The van der Waals surface area contributed by atoms with E-state index in [1.165, 1.54) is 62.3 Å². The van der Waals surface area contributed by atoms with E-state index in [9.17, 15) is 58.8 Å². The van der Waals surface area contributed by atoms with E-state index in [1.807, 2.05) is 138 Å². The number of pyridine rings is 6. The number of fused-ring (bicyclic) bond motifs is 3. The van der Waals surface area contributed by atoms with Crippen LogP contribution in [0.15, 0.2) is 185 Å². The van der Waals surface area contributed by atoms with Crippen LogP contribution in [-0.4, -0.2) is 190 Å². The molecule has 30 nitrogen and oxygen atoms in total. The van der Waals surface area contributed by atoms with Gasteiger partial charge in [-0.15, -0.1) is 0 Å². The predicted octanol–water partition coefficient (Wildman–Crippen LogP) is 16.5. The van der Waals surface area contributed by atoms with Crippen molar-refractivity contribution in [2.24, 2.45) is 5.14 Å². The molecule has 135 heavy (non-hydrogen) atoms. The maximum atomic E-state index is 14.3. The number of anilines is 4. The number of para-hydroxylation sites is 1. The number of nitrogens with zero attached hydrogens (tertiary/aromatic N) is 18. The summed E-state index contributed by atoms with van der Waals surface area (Å²) >= 11 is 20.6. The number of nitrogens with one attached hydrogen (secondary N) is 1. The quantitative estimate of drug-likeness (QED) is 0.0710. The fourth-order valence-electron chi connectivity index (χ4n) is 17.7. The van der Waals surface area contributed by atoms with Crippen molar-refractivity contribution in [1.82, 2.24) is 73.3 Å². The van der Waals surface area contributed by atoms with Crippen molar-refractivity contribution in [3.05, 3.63) is 252 Å². The molecule has 12 heterocycles. The second-order valence-corrected chi connectivity index (χ2v) is 39.8. The number of primary sulfonamides is 1. The summed E-state index contributed by atoms with van der Waals surface area (Å²) in [5.74, 6) is 0.292. The van der Waals surface area contributed by atoms with Crippen LogP contribution in [0.1, 0.15) is 160 Å². The summed E-state index contributed by atoms with van der Waals surface area (Å²) in [7, 11) is -7.76. The molecule has 6 atom stereocenters. The molecule has 3 aromatic carbocycles. The number of carbonyl (C=O) groups excluding carboxylic acids is 3. The number of aryl methyl sites for hydroxylation is 2. The number of rotatable bonds is 19. The van der Waals surface area contributed by atoms with Crippen LogP contribution >= 0.6 is 34.8 Å². The fourth-order valence-corrected chi connectivity index (χ4v) is 19.8. The molecule has 3 saturated heterocycles. The molecule has 0 aliphatic carbocycles. The molecule has 0 spiro atoms. The van der Waals surface area contributed by atoms with Gasteiger partial charge < -0.3 is 29.4 Å². The van der Waals surface area contributed by atoms with Crippen LogP contribution in [-0.2, 0) is 40.6 Å². The summed E-state index contributed by atoms with van der Waals surface area (Å²) < 4.78 is 98.8. The molecule has 3 aliphatic rings. The molecule has 6 unspecified atom stereocenters. The fraction of sp³-hybridized carbons (Fsp3) is 0.351. The molecule has 15 rings (SSSR count). The van der Waals surface area contributed by atoms with Crippen molar-refractivity contribution in [2.75, 3.05) is 64.9 Å². The number of hydrogen-bond donors (Lipinski definition) is 2. The van der Waals surface area contributed by atoms with E-state index in [0.717, 1.165) is 29.0 Å². The van der Waals surface area contributed by atoms with Gasteiger partial charge in [0.05, 0.1) is 105 Å². The Morgan fingerprint density at radius 2 is 0.778 bits per heavy atom. The summed E-state index contributed by atoms with van der Waals surface area (Å²) in [6, 6.07) is 27.1. The molecule has 3 N–H and O–H groups in total. The minimum absolute atomic E-state index is 0.0238. The number of hydrogen-bond acceptors (Lipinski definition) is 22. The molecule has 38 heteroatoms. The van der Waals surface area contributed by atoms with Gasteiger partial charge >= 0.3 is 23.2 Å². The van der Waals surface area contributed by atoms with Crippen molar-refractivity contribution in [3.63, 3.8) is 0 Å². The van der Waals surface area contributed by atoms with Crippen molar-refractivity contribution >= 4 is 129 Å². The lowest BCUT2D eigenvalue weighted by molar-refractivity contribution is -0.137. The van der Waals surface area contributed by atoms with E-state index in [-0.39, 0.29) is 143 Å². The molecular formula is C97H106Cl3F3N20O10S2. The van der Waals surface area contributed by atoms with Gasteiger partial charge in [-0.2, -0.15) is 28.1 Å². The zero-order valence-electron chi connectivity index (χ0n) is 77.8. The molecule has 0 radical (unpaired) electrons. The zero-order valence-corrected chi connectivity index (χ0v) is 81.7. The van der Waals surface area contributed by atoms with Gasteiger partial charge in [0.1, 0.15) is 17.5 Å². The van der Waals surface area contributed by atoms with E-state index >= 15 is 0 Å². The molecule has 3 aliphatic heterocycles. The minimum atomic E-state index is -4.67. The molecule has 0 bridgehead atoms. The largest absolute Gasteiger partial charge is 0.417 e. The number of aromatic nitrogens is 12. The second-order valence-electron chi connectivity index (χ2n) is 35.3. The second kappa shape index (κ2) is 39.7. The van der Waals surface area contributed by atoms with E-state index < -0.39 is 48.9 Å². The van der Waals surface area contributed by atoms with Crippen molar-refractivity contribution in [3.8, 4) is 50.8 Å². The van der Waals surface area contributed by atoms with Crippen LogP contribution in [0.3, 0.4) is 0 Å². The first kappa shape index (κ1) is 99.8. The highest BCUT2D eigenvalue weighted by Gasteiger charge is 2.41. The summed E-state index contributed by atoms with van der Waals surface area (Å²) in [6.45, 7) is 44.3. The van der Waals surface area contributed by atoms with Crippen LogP contribution in [0.4, 0.5) is 36.3 Å². The van der Waals surface area contributed by atoms with Crippen LogP contribution < -0.4 is 41.6 Å². The Kier molecular flexibility index (Phi) is 29.4. The molecule has 0 saturated carbocycles. The van der Waals surface area contributed by atoms with Gasteiger partial charge in [-0.05, 0) is 169 Å². The average Bonchev–Trinajstić information content (AvgIpc) is 0.735. The van der Waals surface area contributed by atoms with Gasteiger partial charge in [0.2, 0.25) is 37.8 Å². The third-order valence-electron chi connectivity index (χ3n) is 24.2. The first-order valence-corrected chi connectivity index (χ1v) is 48.4. The smallest absolute Gasteiger partial charge is 0.349 e. The molecule has 9 aromatic heterocycles. The number of sulfonamides is 2. The Labute approximate surface area is 795 Å². The van der Waals surface area contributed by atoms with Gasteiger partial charge in [-0.25, -0.2) is 65.0 Å². The summed E-state index contributed by atoms with van der Waals surface area (Å²) in [4.78, 5) is 133. The highest BCUT2D eigenvalue weighted by Crippen LogP contribution is 2.45. The molecule has 3 fully saturated rings. The standard InChI is InChI=1S/C34H36ClF3N6O2.C32H36ClN7O4S.C31H34ClN7O4S/c1-8-27(45)42-16-21(7)43(17-20(42)6)31-24-15-26(35)29(23-11-9-10-12-25(23)34(36,37)38)40-32(24)44(33(46)41-31)30-22(18(2)3)13-14-39-28(30)19(4)5;1-8-26(41)38-16-21(6)39(17-20(38)5)30-23-15-24(33)28(22-11-9-10-12-25(22)37-45(7,43)44)35-31(23)40(32(42)36-30)29-19(4)13-14-34-27(29)18(2)3;1-7-25(40)37-15-20(6)38(16-19(37)5)29-22-14-23(32)27(21-10-8-9-11-24(21)44(33,42)43)35-30(22)39(31(41)36-29)28-18(4)12-13-34-26(28)17(2)3/h8-15,18-21H,1,16-17H2,2-7H3;8-15,18,20-21,37H,1,16-17H2,2-7H3;7-14,17,19-20H,1,15-16H2,2-6H3,(H2,33,42,43). The van der Waals surface area contributed by atoms with Gasteiger partial charge in [0.25, 0.3) is 0 Å². The molecule has 3 amide bonds. The van der Waals surface area contributed by atoms with E-state index in [0.29, 0.717) is 118 Å². The Bertz CT molecular complexity index is 7170. The first-order chi connectivity index (χ1) is 63.6. The normalized spacial score (nSPS) is 17.3. The Morgan fingerprint density at radius 3 is 1.13 bits per heavy atom. The van der Waals surface area contributed by atoms with Gasteiger partial charge in [-0.1, -0.05) is 165 Å². The number of piperazine rings is 3. The summed E-state index contributed by atoms with van der Waals surface area (Å²) in [6.07, 6.45) is 5.34. The monoisotopic (exact) mass is 1940 g/mol. The number of halogens is 6. The predicted molar refractivity (Wildman–Crippen MR) is 525 cm³/mol. The van der Waals surface area contributed by atoms with Crippen LogP contribution in [0.5, 0.6) is 0 Å². The first-order valence-electron chi connectivity index (χ1n) is 43.9. The Balaban J connectivity index is 0.000000172. The van der Waals surface area contributed by atoms with Gasteiger partial charge in [-0.3, -0.25) is 34.1 Å². The number of benzene rings is 3. The van der Waals surface area contributed by atoms with E-state index in [4.69, 9.17) is 54.9 Å². The molecule has 12 aromatic rings. The SMILES string of the molecule is C=CC(=O)N1CC(C)N(c2nc(=O)n(-c3c(C(C)C)ccnc3C(C)C)c3nc(-c4ccccc4C(F)(F)F)c(Cl)cc23)CC1C.C=CC(=O)N1CC(C)N(c2nc(=O)n(-c3c(C)ccnc3C(C)C)c3nc(-c4ccccc4NS(C)(=O)=O)c(Cl)cc23)CC1C.C=CC(=O)N1CC(C)N(c2nc(=O)n(-c3c(C)ccnc3C(C)C)c3nc(-c4ccccc4S(N)(=O)=O)c(Cl)cc23)CC1C. The third kappa shape index (κ3) is 20.1. The zero-order chi connectivity index (χ0) is 98.5. The van der Waals surface area contributed by atoms with E-state index in [2.05, 4.69) is 54.4 Å². The minimum Gasteiger partial charge on any atom is -0.349 e. The van der Waals surface area contributed by atoms with Crippen molar-refractivity contribution < 1.29 is 44.4 Å². The summed E-state index contributed by atoms with van der Waals surface area (Å²) in [5, 5.41) is 7.30. The van der Waals surface area contributed by atoms with Crippen LogP contribution in [0.25, 0.3) is 83.9 Å². The van der Waals surface area contributed by atoms with E-state index in [1.54, 1.807) is 94.0 Å². The maximum absolute atomic E-state index is 14.3. The third-order valence-corrected chi connectivity index (χ3v) is 26.6. The number of amides is 3. The van der Waals surface area contributed by atoms with Crippen LogP contribution in [0, 0.1) is 13.8 Å². The highest BCUT2D eigenvalue weighted by atomic mass is 35.5. The topological polar surface area (TPSA) is 359 Å². The lowest BCUT2D eigenvalue weighted by Gasteiger charge is -2.44. The Hall–Kier alpha value is -12.7. The average molecular weight is 1940 g/mol. The van der Waals surface area contributed by atoms with Crippen molar-refractivity contribution in [1.29, 1.82) is 0 Å². The maximum Gasteiger partial charge on any atom is 0.417 e. The molecule has 708 valence electrons. The van der Waals surface area contributed by atoms with Gasteiger partial charge in [0.15, 0.2) is 16.9 Å². The lowest BCUT2D eigenvalue weighted by atomic mass is 9.97.